The fourth-order valence-corrected chi connectivity index (χ4v) is 6.28. The minimum Gasteiger partial charge on any atom is -0.497 e. The third kappa shape index (κ3) is 5.10. The van der Waals surface area contributed by atoms with Crippen molar-refractivity contribution in [3.63, 3.8) is 0 Å². The van der Waals surface area contributed by atoms with Crippen LogP contribution in [0.25, 0.3) is 6.08 Å². The number of fused-ring (bicyclic) bond motifs is 1. The third-order valence-electron chi connectivity index (χ3n) is 7.68. The van der Waals surface area contributed by atoms with Crippen LogP contribution < -0.4 is 9.64 Å². The van der Waals surface area contributed by atoms with Gasteiger partial charge in [0.2, 0.25) is 0 Å². The molecule has 5 rings (SSSR count). The molecule has 2 aliphatic rings. The Labute approximate surface area is 230 Å². The van der Waals surface area contributed by atoms with Crippen molar-refractivity contribution in [3.8, 4) is 5.75 Å². The number of hydrogen-bond acceptors (Lipinski definition) is 5. The average molecular weight is 526 g/mol. The van der Waals surface area contributed by atoms with Crippen LogP contribution in [0.15, 0.2) is 76.6 Å². The minimum absolute atomic E-state index is 0.0241. The molecule has 2 heterocycles. The molecule has 196 valence electrons. The number of aryl methyl sites for hydroxylation is 1. The molecule has 1 atom stereocenters. The maximum Gasteiger partial charge on any atom is 0.267 e. The summed E-state index contributed by atoms with van der Waals surface area (Å²) in [6.45, 7) is 9.48. The van der Waals surface area contributed by atoms with E-state index in [-0.39, 0.29) is 11.4 Å². The maximum atomic E-state index is 13.8. The SMILES string of the molecule is COc1ccc(CN2C(=O)/C(=C\c3cc4c(cc3C)N(C)C(C)(C)CC4C)SC2=Nc2ccccc2)cc1. The first-order valence-corrected chi connectivity index (χ1v) is 13.8. The number of ether oxygens (including phenoxy) is 1. The number of carbonyl (C=O) groups is 1. The fourth-order valence-electron chi connectivity index (χ4n) is 5.29. The number of aliphatic imine (C=N–C) groups is 1. The van der Waals surface area contributed by atoms with Crippen molar-refractivity contribution >= 4 is 40.3 Å². The quantitative estimate of drug-likeness (QED) is 0.323. The molecule has 1 fully saturated rings. The third-order valence-corrected chi connectivity index (χ3v) is 8.68. The second-order valence-electron chi connectivity index (χ2n) is 10.8. The number of anilines is 1. The lowest BCUT2D eigenvalue weighted by Crippen LogP contribution is -2.45. The normalized spacial score (nSPS) is 20.8. The molecule has 1 unspecified atom stereocenters. The summed E-state index contributed by atoms with van der Waals surface area (Å²) in [4.78, 5) is 23.5. The van der Waals surface area contributed by atoms with Crippen LogP contribution in [0, 0.1) is 6.92 Å². The van der Waals surface area contributed by atoms with Crippen LogP contribution in [-0.2, 0) is 11.3 Å². The molecule has 2 aliphatic heterocycles. The molecule has 3 aromatic carbocycles. The molecule has 0 spiro atoms. The van der Waals surface area contributed by atoms with E-state index in [2.05, 4.69) is 51.8 Å². The number of methoxy groups -OCH3 is 1. The van der Waals surface area contributed by atoms with Gasteiger partial charge in [-0.15, -0.1) is 0 Å². The predicted octanol–water partition coefficient (Wildman–Crippen LogP) is 7.53. The predicted molar refractivity (Wildman–Crippen MR) is 159 cm³/mol. The number of amides is 1. The molecular formula is C32H35N3O2S. The summed E-state index contributed by atoms with van der Waals surface area (Å²) in [6, 6.07) is 22.2. The molecule has 38 heavy (non-hydrogen) atoms. The first kappa shape index (κ1) is 26.1. The maximum absolute atomic E-state index is 13.8. The first-order chi connectivity index (χ1) is 18.2. The van der Waals surface area contributed by atoms with Gasteiger partial charge in [0.05, 0.1) is 24.2 Å². The standard InChI is InChI=1S/C32H35N3O2S/c1-21-16-28-27(22(2)19-32(3,4)34(28)5)17-24(21)18-29-30(36)35(20-23-12-14-26(37-6)15-13-23)31(38-29)33-25-10-8-7-9-11-25/h7-18,22H,19-20H2,1-6H3/b29-18+,33-31?. The van der Waals surface area contributed by atoms with E-state index in [9.17, 15) is 4.79 Å². The van der Waals surface area contributed by atoms with E-state index < -0.39 is 0 Å². The molecular weight excluding hydrogens is 490 g/mol. The zero-order valence-electron chi connectivity index (χ0n) is 23.0. The zero-order valence-corrected chi connectivity index (χ0v) is 23.8. The van der Waals surface area contributed by atoms with E-state index >= 15 is 0 Å². The van der Waals surface area contributed by atoms with E-state index in [1.165, 1.54) is 23.0 Å². The summed E-state index contributed by atoms with van der Waals surface area (Å²) in [5.74, 6) is 1.22. The monoisotopic (exact) mass is 525 g/mol. The highest BCUT2D eigenvalue weighted by molar-refractivity contribution is 8.18. The fraction of sp³-hybridized carbons (Fsp3) is 0.312. The molecule has 0 aliphatic carbocycles. The number of carbonyl (C=O) groups excluding carboxylic acids is 1. The van der Waals surface area contributed by atoms with Crippen molar-refractivity contribution in [2.75, 3.05) is 19.1 Å². The first-order valence-electron chi connectivity index (χ1n) is 13.0. The summed E-state index contributed by atoms with van der Waals surface area (Å²) < 4.78 is 5.30. The van der Waals surface area contributed by atoms with Gasteiger partial charge in [-0.05, 0) is 110 Å². The summed E-state index contributed by atoms with van der Waals surface area (Å²) in [6.07, 6.45) is 3.14. The van der Waals surface area contributed by atoms with Crippen LogP contribution in [0.5, 0.6) is 5.75 Å². The second kappa shape index (κ2) is 10.3. The number of nitrogens with zero attached hydrogens (tertiary/aromatic N) is 3. The van der Waals surface area contributed by atoms with Gasteiger partial charge in [-0.25, -0.2) is 4.99 Å². The molecule has 0 aromatic heterocycles. The van der Waals surface area contributed by atoms with Crippen molar-refractivity contribution in [2.45, 2.75) is 52.1 Å². The molecule has 0 radical (unpaired) electrons. The molecule has 5 nitrogen and oxygen atoms in total. The summed E-state index contributed by atoms with van der Waals surface area (Å²) in [5, 5.41) is 0.689. The molecule has 0 saturated carbocycles. The lowest BCUT2D eigenvalue weighted by molar-refractivity contribution is -0.122. The number of benzene rings is 3. The minimum atomic E-state index is -0.0241. The molecule has 0 N–H and O–H groups in total. The average Bonchev–Trinajstić information content (AvgIpc) is 3.18. The lowest BCUT2D eigenvalue weighted by atomic mass is 9.79. The van der Waals surface area contributed by atoms with Gasteiger partial charge in [0.15, 0.2) is 5.17 Å². The topological polar surface area (TPSA) is 45.1 Å². The zero-order chi connectivity index (χ0) is 27.0. The highest BCUT2D eigenvalue weighted by Crippen LogP contribution is 2.44. The van der Waals surface area contributed by atoms with Crippen molar-refractivity contribution in [3.05, 3.63) is 93.9 Å². The van der Waals surface area contributed by atoms with Crippen LogP contribution in [-0.4, -0.2) is 35.7 Å². The van der Waals surface area contributed by atoms with Crippen molar-refractivity contribution in [2.24, 2.45) is 4.99 Å². The number of amidine groups is 1. The Bertz CT molecular complexity index is 1410. The summed E-state index contributed by atoms with van der Waals surface area (Å²) in [5.41, 5.74) is 6.83. The highest BCUT2D eigenvalue weighted by atomic mass is 32.2. The summed E-state index contributed by atoms with van der Waals surface area (Å²) >= 11 is 1.44. The smallest absolute Gasteiger partial charge is 0.267 e. The molecule has 3 aromatic rings. The number of thioether (sulfide) groups is 1. The molecule has 1 amide bonds. The van der Waals surface area contributed by atoms with E-state index in [1.807, 2.05) is 60.7 Å². The Morgan fingerprint density at radius 3 is 2.50 bits per heavy atom. The van der Waals surface area contributed by atoms with Crippen LogP contribution in [0.2, 0.25) is 0 Å². The van der Waals surface area contributed by atoms with Gasteiger partial charge in [0, 0.05) is 18.3 Å². The van der Waals surface area contributed by atoms with Gasteiger partial charge >= 0.3 is 0 Å². The van der Waals surface area contributed by atoms with Gasteiger partial charge in [-0.3, -0.25) is 9.69 Å². The van der Waals surface area contributed by atoms with E-state index in [4.69, 9.17) is 9.73 Å². The Kier molecular flexibility index (Phi) is 7.10. The second-order valence-corrected chi connectivity index (χ2v) is 11.8. The molecule has 0 bridgehead atoms. The van der Waals surface area contributed by atoms with Gasteiger partial charge in [-0.2, -0.15) is 0 Å². The largest absolute Gasteiger partial charge is 0.497 e. The number of hydrogen-bond donors (Lipinski definition) is 0. The van der Waals surface area contributed by atoms with Crippen LogP contribution in [0.1, 0.15) is 55.4 Å². The van der Waals surface area contributed by atoms with E-state index in [1.54, 1.807) is 12.0 Å². The number of para-hydroxylation sites is 1. The number of rotatable bonds is 5. The Morgan fingerprint density at radius 1 is 1.11 bits per heavy atom. The van der Waals surface area contributed by atoms with Gasteiger partial charge in [-0.1, -0.05) is 37.3 Å². The van der Waals surface area contributed by atoms with Crippen LogP contribution in [0.4, 0.5) is 11.4 Å². The van der Waals surface area contributed by atoms with Gasteiger partial charge in [0.25, 0.3) is 5.91 Å². The lowest BCUT2D eigenvalue weighted by Gasteiger charge is -2.45. The highest BCUT2D eigenvalue weighted by Gasteiger charge is 2.36. The molecule has 1 saturated heterocycles. The van der Waals surface area contributed by atoms with Crippen LogP contribution in [0.3, 0.4) is 0 Å². The van der Waals surface area contributed by atoms with E-state index in [0.29, 0.717) is 22.5 Å². The van der Waals surface area contributed by atoms with Crippen LogP contribution >= 0.6 is 11.8 Å². The van der Waals surface area contributed by atoms with Gasteiger partial charge in [0.1, 0.15) is 5.75 Å². The summed E-state index contributed by atoms with van der Waals surface area (Å²) in [7, 11) is 3.84. The Hall–Kier alpha value is -3.51. The Balaban J connectivity index is 1.51. The van der Waals surface area contributed by atoms with Gasteiger partial charge < -0.3 is 9.64 Å². The Morgan fingerprint density at radius 2 is 1.82 bits per heavy atom. The molecule has 6 heteroatoms. The van der Waals surface area contributed by atoms with E-state index in [0.717, 1.165) is 34.5 Å². The van der Waals surface area contributed by atoms with Crippen molar-refractivity contribution < 1.29 is 9.53 Å². The van der Waals surface area contributed by atoms with Crippen molar-refractivity contribution in [1.82, 2.24) is 4.90 Å². The van der Waals surface area contributed by atoms with Crippen molar-refractivity contribution in [1.29, 1.82) is 0 Å².